The standard InChI is InChI=1S/C12H16BrNO2S/c1-8(2)14-10(12(15)16)7-17-11-6-4-3-5-9(11)13/h3-6,8,10,14H,7H2,1-2H3,(H,15,16). The van der Waals surface area contributed by atoms with Crippen molar-refractivity contribution >= 4 is 33.7 Å². The second-order valence-electron chi connectivity index (χ2n) is 3.95. The monoisotopic (exact) mass is 317 g/mol. The van der Waals surface area contributed by atoms with Gasteiger partial charge in [-0.2, -0.15) is 0 Å². The maximum Gasteiger partial charge on any atom is 0.321 e. The molecular weight excluding hydrogens is 302 g/mol. The van der Waals surface area contributed by atoms with E-state index in [1.165, 1.54) is 11.8 Å². The fraction of sp³-hybridized carbons (Fsp3) is 0.417. The molecule has 0 aromatic heterocycles. The summed E-state index contributed by atoms with van der Waals surface area (Å²) in [7, 11) is 0. The molecule has 1 aromatic rings. The Morgan fingerprint density at radius 1 is 1.47 bits per heavy atom. The highest BCUT2D eigenvalue weighted by molar-refractivity contribution is 9.10. The summed E-state index contributed by atoms with van der Waals surface area (Å²) in [6.07, 6.45) is 0. The number of rotatable bonds is 6. The van der Waals surface area contributed by atoms with Crippen LogP contribution in [0, 0.1) is 0 Å². The van der Waals surface area contributed by atoms with Crippen molar-refractivity contribution in [3.05, 3.63) is 28.7 Å². The predicted octanol–water partition coefficient (Wildman–Crippen LogP) is 2.99. The molecule has 94 valence electrons. The van der Waals surface area contributed by atoms with Crippen LogP contribution in [-0.2, 0) is 4.79 Å². The summed E-state index contributed by atoms with van der Waals surface area (Å²) in [5.41, 5.74) is 0. The van der Waals surface area contributed by atoms with Crippen molar-refractivity contribution in [2.75, 3.05) is 5.75 Å². The van der Waals surface area contributed by atoms with Crippen molar-refractivity contribution < 1.29 is 9.90 Å². The zero-order valence-corrected chi connectivity index (χ0v) is 12.2. The van der Waals surface area contributed by atoms with E-state index in [4.69, 9.17) is 5.11 Å². The van der Waals surface area contributed by atoms with Gasteiger partial charge in [-0.1, -0.05) is 26.0 Å². The van der Waals surface area contributed by atoms with E-state index >= 15 is 0 Å². The van der Waals surface area contributed by atoms with Crippen LogP contribution < -0.4 is 5.32 Å². The fourth-order valence-electron chi connectivity index (χ4n) is 1.33. The topological polar surface area (TPSA) is 49.3 Å². The van der Waals surface area contributed by atoms with Gasteiger partial charge in [0.15, 0.2) is 0 Å². The number of benzene rings is 1. The smallest absolute Gasteiger partial charge is 0.321 e. The van der Waals surface area contributed by atoms with Crippen molar-refractivity contribution in [3.8, 4) is 0 Å². The third kappa shape index (κ3) is 5.10. The van der Waals surface area contributed by atoms with E-state index in [2.05, 4.69) is 21.2 Å². The molecule has 2 N–H and O–H groups in total. The van der Waals surface area contributed by atoms with Gasteiger partial charge in [0.2, 0.25) is 0 Å². The lowest BCUT2D eigenvalue weighted by Gasteiger charge is -2.17. The van der Waals surface area contributed by atoms with E-state index in [0.29, 0.717) is 5.75 Å². The van der Waals surface area contributed by atoms with E-state index in [1.807, 2.05) is 38.1 Å². The molecule has 1 unspecified atom stereocenters. The lowest BCUT2D eigenvalue weighted by atomic mass is 10.3. The number of carboxylic acids is 1. The molecule has 0 heterocycles. The van der Waals surface area contributed by atoms with Crippen LogP contribution in [0.3, 0.4) is 0 Å². The lowest BCUT2D eigenvalue weighted by molar-refractivity contribution is -0.139. The van der Waals surface area contributed by atoms with Crippen molar-refractivity contribution in [2.45, 2.75) is 30.8 Å². The molecule has 17 heavy (non-hydrogen) atoms. The van der Waals surface area contributed by atoms with Crippen LogP contribution in [0.5, 0.6) is 0 Å². The molecule has 0 saturated heterocycles. The van der Waals surface area contributed by atoms with Gasteiger partial charge in [-0.15, -0.1) is 11.8 Å². The number of aliphatic carboxylic acids is 1. The van der Waals surface area contributed by atoms with Gasteiger partial charge in [-0.3, -0.25) is 4.79 Å². The Labute approximate surface area is 114 Å². The molecule has 1 aromatic carbocycles. The van der Waals surface area contributed by atoms with Crippen LogP contribution in [0.15, 0.2) is 33.6 Å². The van der Waals surface area contributed by atoms with Crippen molar-refractivity contribution in [3.63, 3.8) is 0 Å². The van der Waals surface area contributed by atoms with E-state index < -0.39 is 12.0 Å². The minimum atomic E-state index is -0.807. The van der Waals surface area contributed by atoms with E-state index in [9.17, 15) is 4.79 Å². The number of halogens is 1. The maximum atomic E-state index is 11.1. The van der Waals surface area contributed by atoms with Gasteiger partial charge in [-0.25, -0.2) is 0 Å². The van der Waals surface area contributed by atoms with Gasteiger partial charge in [-0.05, 0) is 28.1 Å². The third-order valence-electron chi connectivity index (χ3n) is 2.07. The second-order valence-corrected chi connectivity index (χ2v) is 5.87. The molecular formula is C12H16BrNO2S. The minimum absolute atomic E-state index is 0.163. The highest BCUT2D eigenvalue weighted by atomic mass is 79.9. The van der Waals surface area contributed by atoms with Crippen LogP contribution in [0.25, 0.3) is 0 Å². The first-order valence-corrected chi connectivity index (χ1v) is 7.14. The molecule has 1 atom stereocenters. The number of hydrogen-bond donors (Lipinski definition) is 2. The third-order valence-corrected chi connectivity index (χ3v) is 4.20. The molecule has 3 nitrogen and oxygen atoms in total. The summed E-state index contributed by atoms with van der Waals surface area (Å²) in [6, 6.07) is 7.45. The number of carbonyl (C=O) groups is 1. The Kier molecular flexibility index (Phi) is 6.02. The van der Waals surface area contributed by atoms with Crippen molar-refractivity contribution in [1.29, 1.82) is 0 Å². The fourth-order valence-corrected chi connectivity index (χ4v) is 2.92. The first-order chi connectivity index (χ1) is 8.00. The minimum Gasteiger partial charge on any atom is -0.480 e. The molecule has 0 fully saturated rings. The van der Waals surface area contributed by atoms with Crippen LogP contribution in [0.2, 0.25) is 0 Å². The second kappa shape index (κ2) is 7.03. The van der Waals surface area contributed by atoms with Gasteiger partial charge in [0, 0.05) is 21.2 Å². The summed E-state index contributed by atoms with van der Waals surface area (Å²) >= 11 is 4.98. The number of nitrogens with one attached hydrogen (secondary N) is 1. The Balaban J connectivity index is 2.58. The molecule has 0 bridgehead atoms. The average Bonchev–Trinajstić information content (AvgIpc) is 2.25. The van der Waals surface area contributed by atoms with Gasteiger partial charge in [0.25, 0.3) is 0 Å². The van der Waals surface area contributed by atoms with Crippen LogP contribution in [0.1, 0.15) is 13.8 Å². The zero-order chi connectivity index (χ0) is 12.8. The van der Waals surface area contributed by atoms with Crippen LogP contribution >= 0.6 is 27.7 Å². The predicted molar refractivity (Wildman–Crippen MR) is 74.6 cm³/mol. The molecule has 0 amide bonds. The van der Waals surface area contributed by atoms with Gasteiger partial charge in [0.05, 0.1) is 0 Å². The lowest BCUT2D eigenvalue weighted by Crippen LogP contribution is -2.42. The molecule has 0 aliphatic rings. The van der Waals surface area contributed by atoms with E-state index in [0.717, 1.165) is 9.37 Å². The highest BCUT2D eigenvalue weighted by Crippen LogP contribution is 2.27. The first-order valence-electron chi connectivity index (χ1n) is 5.37. The molecule has 0 radical (unpaired) electrons. The molecule has 0 aliphatic carbocycles. The van der Waals surface area contributed by atoms with Crippen LogP contribution in [0.4, 0.5) is 0 Å². The summed E-state index contributed by atoms with van der Waals surface area (Å²) in [4.78, 5) is 12.1. The van der Waals surface area contributed by atoms with Crippen LogP contribution in [-0.4, -0.2) is 28.9 Å². The first kappa shape index (κ1) is 14.5. The molecule has 0 saturated carbocycles. The number of thioether (sulfide) groups is 1. The number of carboxylic acid groups (broad SMARTS) is 1. The maximum absolute atomic E-state index is 11.1. The van der Waals surface area contributed by atoms with Gasteiger partial charge < -0.3 is 10.4 Å². The van der Waals surface area contributed by atoms with E-state index in [-0.39, 0.29) is 6.04 Å². The zero-order valence-electron chi connectivity index (χ0n) is 9.81. The van der Waals surface area contributed by atoms with Gasteiger partial charge >= 0.3 is 5.97 Å². The largest absolute Gasteiger partial charge is 0.480 e. The molecule has 0 aliphatic heterocycles. The Morgan fingerprint density at radius 2 is 2.12 bits per heavy atom. The summed E-state index contributed by atoms with van der Waals surface area (Å²) < 4.78 is 0.999. The molecule has 5 heteroatoms. The Morgan fingerprint density at radius 3 is 2.65 bits per heavy atom. The molecule has 1 rings (SSSR count). The molecule has 0 spiro atoms. The van der Waals surface area contributed by atoms with Crippen molar-refractivity contribution in [2.24, 2.45) is 0 Å². The number of hydrogen-bond acceptors (Lipinski definition) is 3. The summed E-state index contributed by atoms with van der Waals surface area (Å²) in [5, 5.41) is 12.1. The average molecular weight is 318 g/mol. The quantitative estimate of drug-likeness (QED) is 0.792. The van der Waals surface area contributed by atoms with E-state index in [1.54, 1.807) is 0 Å². The Hall–Kier alpha value is -0.520. The highest BCUT2D eigenvalue weighted by Gasteiger charge is 2.18. The van der Waals surface area contributed by atoms with Gasteiger partial charge in [0.1, 0.15) is 6.04 Å². The summed E-state index contributed by atoms with van der Waals surface area (Å²) in [6.45, 7) is 3.89. The normalized spacial score (nSPS) is 12.7. The Bertz CT molecular complexity index is 385. The summed E-state index contributed by atoms with van der Waals surface area (Å²) in [5.74, 6) is -0.297. The van der Waals surface area contributed by atoms with Crippen molar-refractivity contribution in [1.82, 2.24) is 5.32 Å². The SMILES string of the molecule is CC(C)NC(CSc1ccccc1Br)C(=O)O.